The maximum absolute atomic E-state index is 14.6. The minimum Gasteiger partial charge on any atom is -0.508 e. The van der Waals surface area contributed by atoms with Crippen molar-refractivity contribution >= 4 is 47.1 Å². The second-order valence-electron chi connectivity index (χ2n) is 21.6. The number of ketones is 1. The third kappa shape index (κ3) is 18.9. The minimum absolute atomic E-state index is 0.0320. The molecule has 25 heteroatoms. The summed E-state index contributed by atoms with van der Waals surface area (Å²) in [5.74, 6) is -9.62. The van der Waals surface area contributed by atoms with Gasteiger partial charge in [0.1, 0.15) is 42.2 Å². The Morgan fingerprint density at radius 1 is 0.782 bits per heavy atom. The second kappa shape index (κ2) is 31.4. The van der Waals surface area contributed by atoms with Gasteiger partial charge in [-0.15, -0.1) is 0 Å². The number of nitrogens with one attached hydrogen (secondary N) is 6. The van der Waals surface area contributed by atoms with Crippen molar-refractivity contribution in [3.8, 4) is 5.75 Å². The molecule has 0 saturated carbocycles. The summed E-state index contributed by atoms with van der Waals surface area (Å²) in [6.07, 6.45) is -9.07. The number of hydrogen-bond donors (Lipinski definition) is 15. The number of phenolic OH excluding ortho intramolecular Hbond substituents is 1. The Morgan fingerprint density at radius 2 is 1.41 bits per heavy atom. The maximum atomic E-state index is 14.6. The predicted octanol–water partition coefficient (Wildman–Crippen LogP) is -2.48. The van der Waals surface area contributed by atoms with Crippen LogP contribution in [0, 0.1) is 17.8 Å². The quantitative estimate of drug-likeness (QED) is 0.0399. The fourth-order valence-electron chi connectivity index (χ4n) is 10.5. The van der Waals surface area contributed by atoms with Gasteiger partial charge in [0.2, 0.25) is 41.4 Å². The number of hydrogen-bond acceptors (Lipinski definition) is 18. The largest absolute Gasteiger partial charge is 0.508 e. The van der Waals surface area contributed by atoms with Crippen molar-refractivity contribution < 1.29 is 79.2 Å². The molecule has 1 aromatic rings. The fraction of sp³-hybridized carbons (Fsp3) is 0.736. The average molecular weight is 1110 g/mol. The number of aliphatic hydroxyl groups is 7. The Morgan fingerprint density at radius 3 is 2.04 bits per heavy atom. The van der Waals surface area contributed by atoms with E-state index in [2.05, 4.69) is 52.7 Å². The van der Waals surface area contributed by atoms with Crippen LogP contribution in [0.2, 0.25) is 0 Å². The zero-order valence-electron chi connectivity index (χ0n) is 45.6. The lowest BCUT2D eigenvalue weighted by molar-refractivity contribution is -0.149. The number of carbonyl (C=O) groups excluding carboxylic acids is 8. The highest BCUT2D eigenvalue weighted by molar-refractivity contribution is 5.98. The van der Waals surface area contributed by atoms with Crippen LogP contribution in [0.5, 0.6) is 5.75 Å². The van der Waals surface area contributed by atoms with Gasteiger partial charge in [0, 0.05) is 45.4 Å². The first-order valence-electron chi connectivity index (χ1n) is 27.4. The van der Waals surface area contributed by atoms with Gasteiger partial charge in [-0.3, -0.25) is 43.7 Å². The summed E-state index contributed by atoms with van der Waals surface area (Å²) in [5.41, 5.74) is 5.33. The maximum Gasteiger partial charge on any atom is 0.248 e. The lowest BCUT2D eigenvalue weighted by Crippen LogP contribution is -2.63. The number of rotatable bonds is 23. The van der Waals surface area contributed by atoms with Crippen LogP contribution < -0.4 is 37.6 Å². The summed E-state index contributed by atoms with van der Waals surface area (Å²) >= 11 is 0. The molecule has 78 heavy (non-hydrogen) atoms. The molecule has 7 amide bonds. The minimum atomic E-state index is -2.24. The first-order valence-corrected chi connectivity index (χ1v) is 27.4. The summed E-state index contributed by atoms with van der Waals surface area (Å²) < 4.78 is 0. The van der Waals surface area contributed by atoms with Gasteiger partial charge in [0.15, 0.2) is 5.78 Å². The Kier molecular flexibility index (Phi) is 26.2. The molecule has 0 radical (unpaired) electrons. The van der Waals surface area contributed by atoms with Crippen LogP contribution in [0.4, 0.5) is 0 Å². The van der Waals surface area contributed by atoms with Crippen molar-refractivity contribution in [3.05, 3.63) is 29.8 Å². The Bertz CT molecular complexity index is 2160. The van der Waals surface area contributed by atoms with Gasteiger partial charge in [0.25, 0.3) is 0 Å². The van der Waals surface area contributed by atoms with Gasteiger partial charge >= 0.3 is 0 Å². The van der Waals surface area contributed by atoms with Gasteiger partial charge in [-0.25, -0.2) is 0 Å². The van der Waals surface area contributed by atoms with Gasteiger partial charge in [-0.2, -0.15) is 0 Å². The molecule has 0 aromatic heterocycles. The number of primary amides is 1. The van der Waals surface area contributed by atoms with Crippen LogP contribution >= 0.6 is 0 Å². The fourth-order valence-corrected chi connectivity index (χ4v) is 10.5. The zero-order chi connectivity index (χ0) is 58.0. The molecule has 3 saturated heterocycles. The number of unbranched alkanes of at least 4 members (excludes halogenated alkanes) is 5. The third-order valence-electron chi connectivity index (χ3n) is 15.1. The zero-order valence-corrected chi connectivity index (χ0v) is 45.6. The van der Waals surface area contributed by atoms with E-state index in [1.54, 1.807) is 0 Å². The molecular formula is C53H87N9O16. The molecule has 16 N–H and O–H groups in total. The van der Waals surface area contributed by atoms with E-state index in [4.69, 9.17) is 5.73 Å². The number of nitrogens with zero attached hydrogens (tertiary/aromatic N) is 2. The van der Waals surface area contributed by atoms with Crippen LogP contribution in [0.15, 0.2) is 24.3 Å². The van der Waals surface area contributed by atoms with Crippen molar-refractivity contribution in [1.29, 1.82) is 0 Å². The van der Waals surface area contributed by atoms with E-state index in [-0.39, 0.29) is 37.4 Å². The van der Waals surface area contributed by atoms with Crippen LogP contribution in [0.3, 0.4) is 0 Å². The SMILES string of the molecule is CCC(C)CC(C)CCCCCCCCC(=O)N[C@H]1C[C@@H](O)[C@@H](NCNC)NC(=O)[C@@H]2[C@@H](O)CCN2C(=O)[C@H]([C@H](O)CC(N)=O)NC(=O)[C@H]([C@H](O)[C@@H](O)c2ccc(O)cc2)CC(=O)[C@@H]2C[C@@H](O)CN2C(=O)[C@H]([C@@H](C)O)NC1=O. The molecule has 25 nitrogen and oxygen atoms in total. The molecule has 0 bridgehead atoms. The van der Waals surface area contributed by atoms with E-state index in [0.29, 0.717) is 24.7 Å². The Hall–Kier alpha value is -5.38. The van der Waals surface area contributed by atoms with E-state index in [9.17, 15) is 79.2 Å². The standard InChI is InChI=1S/C53H87N9O16/c1-6-28(2)21-29(3)13-11-9-7-8-10-12-14-42(71)57-35-24-40(69)48(56-27-55-5)60-51(76)45-37(66)19-20-61(45)53(78)44(39(68)25-41(54)70)59-49(74)34(47(73)46(72)31-15-17-32(64)18-16-31)23-38(67)36-22-33(65)26-62(36)52(77)43(30(4)63)58-50(35)75/h15-18,28-30,33-37,39-40,43-48,55-56,63-66,68-69,72-73H,6-14,19-27H2,1-5H3,(H2,54,70)(H,57,71)(H,58,75)(H,59,74)(H,60,76)/t28?,29?,30-,33-,34+,35+,36+,37+,39-,40-,43+,44+,45+,46+,47+,48+/m1/s1. The van der Waals surface area contributed by atoms with Crippen molar-refractivity contribution in [3.63, 3.8) is 0 Å². The highest BCUT2D eigenvalue weighted by Gasteiger charge is 2.49. The first-order chi connectivity index (χ1) is 36.9. The molecule has 0 spiro atoms. The predicted molar refractivity (Wildman–Crippen MR) is 282 cm³/mol. The molecule has 16 atom stereocenters. The van der Waals surface area contributed by atoms with Crippen LogP contribution in [-0.4, -0.2) is 198 Å². The van der Waals surface area contributed by atoms with Crippen LogP contribution in [0.25, 0.3) is 0 Å². The van der Waals surface area contributed by atoms with Gasteiger partial charge in [-0.1, -0.05) is 77.8 Å². The van der Waals surface area contributed by atoms with Gasteiger partial charge in [0.05, 0.1) is 55.0 Å². The molecule has 3 aliphatic rings. The number of Topliss-reactive ketones (excluding diaryl/α,β-unsaturated/α-hetero) is 1. The van der Waals surface area contributed by atoms with E-state index in [1.165, 1.54) is 25.6 Å². The number of nitrogens with two attached hydrogens (primary N) is 1. The molecule has 1 aromatic carbocycles. The number of aliphatic hydroxyl groups excluding tert-OH is 7. The molecule has 3 fully saturated rings. The summed E-state index contributed by atoms with van der Waals surface area (Å²) in [7, 11) is 1.52. The van der Waals surface area contributed by atoms with Crippen molar-refractivity contribution in [2.45, 2.75) is 203 Å². The smallest absolute Gasteiger partial charge is 0.248 e. The van der Waals surface area contributed by atoms with E-state index < -0.39 is 164 Å². The van der Waals surface area contributed by atoms with Gasteiger partial charge < -0.3 is 83.0 Å². The van der Waals surface area contributed by atoms with Crippen LogP contribution in [-0.2, 0) is 38.4 Å². The number of carbonyl (C=O) groups is 8. The summed E-state index contributed by atoms with van der Waals surface area (Å²) in [4.78, 5) is 114. The van der Waals surface area contributed by atoms with Crippen molar-refractivity contribution in [2.75, 3.05) is 26.8 Å². The molecule has 2 unspecified atom stereocenters. The Balaban J connectivity index is 1.74. The van der Waals surface area contributed by atoms with Crippen LogP contribution in [0.1, 0.15) is 136 Å². The number of amides is 7. The van der Waals surface area contributed by atoms with E-state index in [1.807, 2.05) is 0 Å². The topological polar surface area (TPSA) is 403 Å². The van der Waals surface area contributed by atoms with Crippen molar-refractivity contribution in [2.24, 2.45) is 23.5 Å². The molecule has 3 aliphatic heterocycles. The highest BCUT2D eigenvalue weighted by Crippen LogP contribution is 2.30. The molecule has 440 valence electrons. The normalized spacial score (nSPS) is 28.5. The molecule has 0 aliphatic carbocycles. The molecule has 3 heterocycles. The lowest BCUT2D eigenvalue weighted by atomic mass is 9.86. The van der Waals surface area contributed by atoms with Crippen molar-refractivity contribution in [1.82, 2.24) is 41.7 Å². The van der Waals surface area contributed by atoms with Gasteiger partial charge in [-0.05, 0) is 62.8 Å². The Labute approximate surface area is 455 Å². The number of benzene rings is 1. The summed E-state index contributed by atoms with van der Waals surface area (Å²) in [6.45, 7) is 6.88. The number of fused-ring (bicyclic) bond motifs is 2. The molecular weight excluding hydrogens is 1020 g/mol. The monoisotopic (exact) mass is 1110 g/mol. The summed E-state index contributed by atoms with van der Waals surface area (Å²) in [6, 6.07) is -4.38. The molecule has 4 rings (SSSR count). The third-order valence-corrected chi connectivity index (χ3v) is 15.1. The lowest BCUT2D eigenvalue weighted by Gasteiger charge is -2.34. The second-order valence-corrected chi connectivity index (χ2v) is 21.6. The highest BCUT2D eigenvalue weighted by atomic mass is 16.3. The average Bonchev–Trinajstić information content (AvgIpc) is 4.01. The van der Waals surface area contributed by atoms with E-state index in [0.717, 1.165) is 67.4 Å². The summed E-state index contributed by atoms with van der Waals surface area (Å²) in [5, 5.41) is 105. The first kappa shape index (κ1) is 65.1. The number of aromatic hydroxyl groups is 1. The van der Waals surface area contributed by atoms with E-state index >= 15 is 0 Å². The number of phenols is 1.